The van der Waals surface area contributed by atoms with Gasteiger partial charge in [0.1, 0.15) is 0 Å². The van der Waals surface area contributed by atoms with Gasteiger partial charge in [-0.3, -0.25) is 4.79 Å². The molecule has 1 heterocycles. The molecule has 0 saturated carbocycles. The normalized spacial score (nSPS) is 22.3. The van der Waals surface area contributed by atoms with Crippen LogP contribution in [0, 0.1) is 0 Å². The fourth-order valence-corrected chi connectivity index (χ4v) is 3.48. The van der Waals surface area contributed by atoms with Crippen molar-refractivity contribution in [2.75, 3.05) is 6.54 Å². The molecule has 1 aliphatic rings. The summed E-state index contributed by atoms with van der Waals surface area (Å²) in [7, 11) is 0. The van der Waals surface area contributed by atoms with Crippen molar-refractivity contribution in [1.82, 2.24) is 5.32 Å². The minimum Gasteiger partial charge on any atom is -0.305 e. The van der Waals surface area contributed by atoms with E-state index in [-0.39, 0.29) is 5.54 Å². The third-order valence-corrected chi connectivity index (χ3v) is 4.71. The van der Waals surface area contributed by atoms with Gasteiger partial charge in [-0.25, -0.2) is 0 Å². The summed E-state index contributed by atoms with van der Waals surface area (Å²) in [5, 5.41) is 3.50. The summed E-state index contributed by atoms with van der Waals surface area (Å²) in [6.45, 7) is 5.48. The third-order valence-electron chi connectivity index (χ3n) is 4.71. The molecule has 1 rings (SSSR count). The molecule has 0 amide bonds. The number of ketones is 1. The molecule has 0 aliphatic carbocycles. The highest BCUT2D eigenvalue weighted by atomic mass is 16.1. The van der Waals surface area contributed by atoms with Crippen molar-refractivity contribution in [3.63, 3.8) is 0 Å². The molecule has 1 fully saturated rings. The highest BCUT2D eigenvalue weighted by Crippen LogP contribution is 2.27. The molecule has 0 aromatic rings. The van der Waals surface area contributed by atoms with Gasteiger partial charge in [-0.15, -0.1) is 0 Å². The molecule has 1 unspecified atom stereocenters. The highest BCUT2D eigenvalue weighted by Gasteiger charge is 2.38. The summed E-state index contributed by atoms with van der Waals surface area (Å²) in [5.74, 6) is 0.489. The number of hydrogen-bond donors (Lipinski definition) is 1. The second-order valence-corrected chi connectivity index (χ2v) is 6.51. The Labute approximate surface area is 126 Å². The van der Waals surface area contributed by atoms with Crippen molar-refractivity contribution in [2.45, 2.75) is 103 Å². The van der Waals surface area contributed by atoms with E-state index < -0.39 is 0 Å². The van der Waals surface area contributed by atoms with Gasteiger partial charge in [0.25, 0.3) is 0 Å². The van der Waals surface area contributed by atoms with E-state index in [0.29, 0.717) is 5.78 Å². The Morgan fingerprint density at radius 1 is 0.950 bits per heavy atom. The molecule has 2 heteroatoms. The maximum absolute atomic E-state index is 12.5. The Bertz CT molecular complexity index is 256. The lowest BCUT2D eigenvalue weighted by Gasteiger charge is -2.27. The smallest absolute Gasteiger partial charge is 0.152 e. The van der Waals surface area contributed by atoms with Crippen LogP contribution in [-0.2, 0) is 4.79 Å². The van der Waals surface area contributed by atoms with Gasteiger partial charge in [0.05, 0.1) is 5.54 Å². The maximum atomic E-state index is 12.5. The minimum atomic E-state index is -0.143. The fraction of sp³-hybridized carbons (Fsp3) is 0.944. The van der Waals surface area contributed by atoms with E-state index in [1.807, 2.05) is 0 Å². The number of carbonyl (C=O) groups excluding carboxylic acids is 1. The van der Waals surface area contributed by atoms with Crippen LogP contribution < -0.4 is 5.32 Å². The van der Waals surface area contributed by atoms with Gasteiger partial charge in [0.2, 0.25) is 0 Å². The van der Waals surface area contributed by atoms with Gasteiger partial charge in [0.15, 0.2) is 5.78 Å². The molecule has 0 aromatic carbocycles. The second kappa shape index (κ2) is 10.4. The van der Waals surface area contributed by atoms with Gasteiger partial charge >= 0.3 is 0 Å². The lowest BCUT2D eigenvalue weighted by Crippen LogP contribution is -2.47. The SMILES string of the molecule is CCCCCCCCCCC(=O)C1(CCC)CCCN1. The molecule has 0 bridgehead atoms. The van der Waals surface area contributed by atoms with Crippen LogP contribution in [0.2, 0.25) is 0 Å². The Morgan fingerprint density at radius 2 is 1.60 bits per heavy atom. The maximum Gasteiger partial charge on any atom is 0.152 e. The van der Waals surface area contributed by atoms with E-state index >= 15 is 0 Å². The van der Waals surface area contributed by atoms with Crippen molar-refractivity contribution in [3.8, 4) is 0 Å². The van der Waals surface area contributed by atoms with Crippen molar-refractivity contribution in [3.05, 3.63) is 0 Å². The van der Waals surface area contributed by atoms with E-state index in [2.05, 4.69) is 19.2 Å². The standard InChI is InChI=1S/C18H35NO/c1-3-5-6-7-8-9-10-11-13-17(20)18(14-4-2)15-12-16-19-18/h19H,3-16H2,1-2H3. The van der Waals surface area contributed by atoms with Gasteiger partial charge < -0.3 is 5.32 Å². The topological polar surface area (TPSA) is 29.1 Å². The summed E-state index contributed by atoms with van der Waals surface area (Å²) in [5.41, 5.74) is -0.143. The third kappa shape index (κ3) is 5.95. The zero-order valence-corrected chi connectivity index (χ0v) is 13.8. The van der Waals surface area contributed by atoms with Gasteiger partial charge in [0, 0.05) is 6.42 Å². The zero-order valence-electron chi connectivity index (χ0n) is 13.8. The first-order chi connectivity index (χ1) is 9.75. The van der Waals surface area contributed by atoms with Crippen LogP contribution in [-0.4, -0.2) is 17.9 Å². The van der Waals surface area contributed by atoms with Crippen LogP contribution in [0.5, 0.6) is 0 Å². The van der Waals surface area contributed by atoms with E-state index in [1.54, 1.807) is 0 Å². The van der Waals surface area contributed by atoms with Crippen LogP contribution in [0.1, 0.15) is 97.3 Å². The molecule has 1 saturated heterocycles. The van der Waals surface area contributed by atoms with E-state index in [1.165, 1.54) is 51.4 Å². The quantitative estimate of drug-likeness (QED) is 0.510. The first-order valence-corrected chi connectivity index (χ1v) is 9.03. The Hall–Kier alpha value is -0.370. The number of carbonyl (C=O) groups is 1. The molecule has 1 N–H and O–H groups in total. The lowest BCUT2D eigenvalue weighted by molar-refractivity contribution is -0.125. The first kappa shape index (κ1) is 17.7. The number of hydrogen-bond acceptors (Lipinski definition) is 2. The van der Waals surface area contributed by atoms with E-state index in [4.69, 9.17) is 0 Å². The predicted octanol–water partition coefficient (Wildman–Crippen LogP) is 5.01. The average Bonchev–Trinajstić information content (AvgIpc) is 2.92. The van der Waals surface area contributed by atoms with Gasteiger partial charge in [-0.1, -0.05) is 65.2 Å². The first-order valence-electron chi connectivity index (χ1n) is 9.03. The number of Topliss-reactive ketones (excluding diaryl/α,β-unsaturated/α-hetero) is 1. The molecule has 2 nitrogen and oxygen atoms in total. The van der Waals surface area contributed by atoms with Crippen LogP contribution in [0.4, 0.5) is 0 Å². The Balaban J connectivity index is 2.09. The molecule has 0 radical (unpaired) electrons. The van der Waals surface area contributed by atoms with Gasteiger partial charge in [-0.05, 0) is 32.2 Å². The number of unbranched alkanes of at least 4 members (excludes halogenated alkanes) is 7. The number of nitrogens with one attached hydrogen (secondary N) is 1. The van der Waals surface area contributed by atoms with Crippen molar-refractivity contribution in [2.24, 2.45) is 0 Å². The van der Waals surface area contributed by atoms with Crippen LogP contribution >= 0.6 is 0 Å². The molecular formula is C18H35NO. The highest BCUT2D eigenvalue weighted by molar-refractivity contribution is 5.88. The largest absolute Gasteiger partial charge is 0.305 e. The molecule has 118 valence electrons. The summed E-state index contributed by atoms with van der Waals surface area (Å²) < 4.78 is 0. The monoisotopic (exact) mass is 281 g/mol. The predicted molar refractivity (Wildman–Crippen MR) is 87.1 cm³/mol. The summed E-state index contributed by atoms with van der Waals surface area (Å²) >= 11 is 0. The molecule has 20 heavy (non-hydrogen) atoms. The Morgan fingerprint density at radius 3 is 2.15 bits per heavy atom. The van der Waals surface area contributed by atoms with Gasteiger partial charge in [-0.2, -0.15) is 0 Å². The second-order valence-electron chi connectivity index (χ2n) is 6.51. The average molecular weight is 281 g/mol. The molecule has 1 atom stereocenters. The summed E-state index contributed by atoms with van der Waals surface area (Å²) in [4.78, 5) is 12.5. The number of rotatable bonds is 12. The minimum absolute atomic E-state index is 0.143. The summed E-state index contributed by atoms with van der Waals surface area (Å²) in [6.07, 6.45) is 15.6. The lowest BCUT2D eigenvalue weighted by atomic mass is 9.85. The van der Waals surface area contributed by atoms with Crippen molar-refractivity contribution < 1.29 is 4.79 Å². The van der Waals surface area contributed by atoms with Crippen molar-refractivity contribution >= 4 is 5.78 Å². The molecule has 0 spiro atoms. The van der Waals surface area contributed by atoms with Crippen LogP contribution in [0.3, 0.4) is 0 Å². The fourth-order valence-electron chi connectivity index (χ4n) is 3.48. The molecule has 0 aromatic heterocycles. The van der Waals surface area contributed by atoms with Crippen molar-refractivity contribution in [1.29, 1.82) is 0 Å². The summed E-state index contributed by atoms with van der Waals surface area (Å²) in [6, 6.07) is 0. The zero-order chi connectivity index (χ0) is 14.7. The Kier molecular flexibility index (Phi) is 9.17. The van der Waals surface area contributed by atoms with Crippen LogP contribution in [0.15, 0.2) is 0 Å². The molecular weight excluding hydrogens is 246 g/mol. The van der Waals surface area contributed by atoms with Crippen LogP contribution in [0.25, 0.3) is 0 Å². The van der Waals surface area contributed by atoms with E-state index in [0.717, 1.165) is 38.6 Å². The van der Waals surface area contributed by atoms with E-state index in [9.17, 15) is 4.79 Å². The molecule has 1 aliphatic heterocycles.